The van der Waals surface area contributed by atoms with Gasteiger partial charge >= 0.3 is 5.97 Å². The summed E-state index contributed by atoms with van der Waals surface area (Å²) in [6.45, 7) is 14.0. The fourth-order valence-electron chi connectivity index (χ4n) is 1.49. The van der Waals surface area contributed by atoms with E-state index >= 15 is 0 Å². The molecule has 0 radical (unpaired) electrons. The van der Waals surface area contributed by atoms with Crippen LogP contribution in [0.1, 0.15) is 47.5 Å². The number of esters is 1. The number of allylic oxidation sites excluding steroid dienone is 2. The van der Waals surface area contributed by atoms with Gasteiger partial charge in [-0.25, -0.2) is 0 Å². The third-order valence-electron chi connectivity index (χ3n) is 2.53. The average Bonchev–Trinajstić information content (AvgIpc) is 2.21. The van der Waals surface area contributed by atoms with E-state index in [0.29, 0.717) is 12.3 Å². The number of hydrogen-bond donors (Lipinski definition) is 0. The molecule has 0 amide bonds. The highest BCUT2D eigenvalue weighted by Gasteiger charge is 2.18. The minimum absolute atomic E-state index is 0.131. The molecule has 0 spiro atoms. The van der Waals surface area contributed by atoms with Crippen LogP contribution < -0.4 is 0 Å². The lowest BCUT2D eigenvalue weighted by Crippen LogP contribution is -2.23. The van der Waals surface area contributed by atoms with Gasteiger partial charge in [-0.1, -0.05) is 45.1 Å². The molecule has 0 aromatic carbocycles. The zero-order chi connectivity index (χ0) is 13.4. The first kappa shape index (κ1) is 16.0. The standard InChI is InChI=1S/C15H26O2/c1-7-14(13(6)9-8-11(2)3)17-15(16)10-12(4)5/h7-8,12-14H,1,9-10H2,2-6H3. The van der Waals surface area contributed by atoms with Crippen molar-refractivity contribution in [3.63, 3.8) is 0 Å². The van der Waals surface area contributed by atoms with Gasteiger partial charge in [0.25, 0.3) is 0 Å². The Labute approximate surface area is 106 Å². The minimum atomic E-state index is -0.183. The molecule has 0 saturated carbocycles. The van der Waals surface area contributed by atoms with Crippen molar-refractivity contribution in [3.05, 3.63) is 24.3 Å². The molecule has 0 fully saturated rings. The quantitative estimate of drug-likeness (QED) is 0.492. The van der Waals surface area contributed by atoms with Crippen molar-refractivity contribution in [2.45, 2.75) is 53.6 Å². The summed E-state index contributed by atoms with van der Waals surface area (Å²) >= 11 is 0. The maximum absolute atomic E-state index is 11.6. The van der Waals surface area contributed by atoms with Gasteiger partial charge in [-0.15, -0.1) is 0 Å². The predicted octanol–water partition coefficient (Wildman–Crippen LogP) is 4.12. The van der Waals surface area contributed by atoms with Gasteiger partial charge < -0.3 is 4.74 Å². The zero-order valence-corrected chi connectivity index (χ0v) is 11.8. The summed E-state index contributed by atoms with van der Waals surface area (Å²) < 4.78 is 5.42. The fourth-order valence-corrected chi connectivity index (χ4v) is 1.49. The molecular formula is C15H26O2. The summed E-state index contributed by atoms with van der Waals surface area (Å²) in [5.41, 5.74) is 1.29. The molecule has 0 aliphatic heterocycles. The predicted molar refractivity (Wildman–Crippen MR) is 72.7 cm³/mol. The molecular weight excluding hydrogens is 212 g/mol. The summed E-state index contributed by atoms with van der Waals surface area (Å²) in [5, 5.41) is 0. The summed E-state index contributed by atoms with van der Waals surface area (Å²) in [5.74, 6) is 0.480. The summed E-state index contributed by atoms with van der Waals surface area (Å²) in [7, 11) is 0. The fraction of sp³-hybridized carbons (Fsp3) is 0.667. The molecule has 0 rings (SSSR count). The van der Waals surface area contributed by atoms with Crippen LogP contribution in [0.2, 0.25) is 0 Å². The van der Waals surface area contributed by atoms with E-state index in [4.69, 9.17) is 4.74 Å². The van der Waals surface area contributed by atoms with Crippen LogP contribution in [0.3, 0.4) is 0 Å². The monoisotopic (exact) mass is 238 g/mol. The third kappa shape index (κ3) is 7.78. The van der Waals surface area contributed by atoms with Crippen molar-refractivity contribution in [2.75, 3.05) is 0 Å². The van der Waals surface area contributed by atoms with E-state index in [9.17, 15) is 4.79 Å². The largest absolute Gasteiger partial charge is 0.458 e. The minimum Gasteiger partial charge on any atom is -0.458 e. The number of carbonyl (C=O) groups is 1. The highest BCUT2D eigenvalue weighted by molar-refractivity contribution is 5.69. The second-order valence-corrected chi connectivity index (χ2v) is 5.28. The number of carbonyl (C=O) groups excluding carboxylic acids is 1. The molecule has 2 unspecified atom stereocenters. The van der Waals surface area contributed by atoms with Gasteiger partial charge in [-0.2, -0.15) is 0 Å². The van der Waals surface area contributed by atoms with Crippen LogP contribution in [0, 0.1) is 11.8 Å². The molecule has 0 N–H and O–H groups in total. The average molecular weight is 238 g/mol. The Hall–Kier alpha value is -1.05. The molecule has 17 heavy (non-hydrogen) atoms. The SMILES string of the molecule is C=CC(OC(=O)CC(C)C)C(C)CC=C(C)C. The van der Waals surface area contributed by atoms with Crippen LogP contribution in [0.4, 0.5) is 0 Å². The van der Waals surface area contributed by atoms with E-state index in [0.717, 1.165) is 6.42 Å². The van der Waals surface area contributed by atoms with Crippen molar-refractivity contribution >= 4 is 5.97 Å². The molecule has 0 aromatic heterocycles. The molecule has 0 heterocycles. The lowest BCUT2D eigenvalue weighted by Gasteiger charge is -2.20. The Morgan fingerprint density at radius 3 is 2.29 bits per heavy atom. The van der Waals surface area contributed by atoms with E-state index in [2.05, 4.69) is 33.4 Å². The lowest BCUT2D eigenvalue weighted by molar-refractivity contribution is -0.149. The highest BCUT2D eigenvalue weighted by Crippen LogP contribution is 2.16. The van der Waals surface area contributed by atoms with Crippen molar-refractivity contribution in [3.8, 4) is 0 Å². The molecule has 0 bridgehead atoms. The van der Waals surface area contributed by atoms with E-state index in [1.54, 1.807) is 6.08 Å². The number of rotatable bonds is 7. The van der Waals surface area contributed by atoms with E-state index in [1.165, 1.54) is 5.57 Å². The smallest absolute Gasteiger partial charge is 0.306 e. The van der Waals surface area contributed by atoms with Gasteiger partial charge in [-0.05, 0) is 26.2 Å². The van der Waals surface area contributed by atoms with Crippen LogP contribution in [-0.2, 0) is 9.53 Å². The highest BCUT2D eigenvalue weighted by atomic mass is 16.5. The molecule has 0 saturated heterocycles. The maximum atomic E-state index is 11.6. The number of hydrogen-bond acceptors (Lipinski definition) is 2. The maximum Gasteiger partial charge on any atom is 0.306 e. The Morgan fingerprint density at radius 1 is 1.29 bits per heavy atom. The van der Waals surface area contributed by atoms with Gasteiger partial charge in [0.15, 0.2) is 0 Å². The van der Waals surface area contributed by atoms with Crippen molar-refractivity contribution in [1.29, 1.82) is 0 Å². The van der Waals surface area contributed by atoms with Crippen LogP contribution in [0.25, 0.3) is 0 Å². The van der Waals surface area contributed by atoms with Crippen molar-refractivity contribution in [2.24, 2.45) is 11.8 Å². The van der Waals surface area contributed by atoms with Gasteiger partial charge in [0.05, 0.1) is 0 Å². The van der Waals surface area contributed by atoms with Crippen LogP contribution >= 0.6 is 0 Å². The van der Waals surface area contributed by atoms with Crippen molar-refractivity contribution in [1.82, 2.24) is 0 Å². The van der Waals surface area contributed by atoms with Crippen LogP contribution in [0.5, 0.6) is 0 Å². The first-order valence-corrected chi connectivity index (χ1v) is 6.32. The molecule has 0 aliphatic carbocycles. The lowest BCUT2D eigenvalue weighted by atomic mass is 9.99. The normalized spacial score (nSPS) is 14.0. The molecule has 2 atom stereocenters. The Bertz CT molecular complexity index is 273. The summed E-state index contributed by atoms with van der Waals surface area (Å²) in [6, 6.07) is 0. The molecule has 0 aromatic rings. The Morgan fingerprint density at radius 2 is 1.88 bits per heavy atom. The van der Waals surface area contributed by atoms with Crippen molar-refractivity contribution < 1.29 is 9.53 Å². The summed E-state index contributed by atoms with van der Waals surface area (Å²) in [6.07, 6.45) is 5.09. The topological polar surface area (TPSA) is 26.3 Å². The van der Waals surface area contributed by atoms with Gasteiger partial charge in [0.2, 0.25) is 0 Å². The molecule has 2 heteroatoms. The van der Waals surface area contributed by atoms with E-state index in [-0.39, 0.29) is 18.0 Å². The number of ether oxygens (including phenoxy) is 1. The summed E-state index contributed by atoms with van der Waals surface area (Å²) in [4.78, 5) is 11.6. The second kappa shape index (κ2) is 8.10. The first-order chi connectivity index (χ1) is 7.86. The Kier molecular flexibility index (Phi) is 7.60. The van der Waals surface area contributed by atoms with Gasteiger partial charge in [-0.3, -0.25) is 4.79 Å². The zero-order valence-electron chi connectivity index (χ0n) is 11.8. The van der Waals surface area contributed by atoms with Crippen LogP contribution in [-0.4, -0.2) is 12.1 Å². The second-order valence-electron chi connectivity index (χ2n) is 5.28. The van der Waals surface area contributed by atoms with Gasteiger partial charge in [0, 0.05) is 12.3 Å². The molecule has 98 valence electrons. The molecule has 0 aliphatic rings. The third-order valence-corrected chi connectivity index (χ3v) is 2.53. The Balaban J connectivity index is 4.27. The molecule has 2 nitrogen and oxygen atoms in total. The van der Waals surface area contributed by atoms with Crippen LogP contribution in [0.15, 0.2) is 24.3 Å². The van der Waals surface area contributed by atoms with E-state index < -0.39 is 0 Å². The van der Waals surface area contributed by atoms with Gasteiger partial charge in [0.1, 0.15) is 6.10 Å². The first-order valence-electron chi connectivity index (χ1n) is 6.32. The van der Waals surface area contributed by atoms with E-state index in [1.807, 2.05) is 13.8 Å².